The van der Waals surface area contributed by atoms with Gasteiger partial charge in [0, 0.05) is 11.1 Å². The van der Waals surface area contributed by atoms with Crippen molar-refractivity contribution in [3.8, 4) is 5.75 Å². The summed E-state index contributed by atoms with van der Waals surface area (Å²) < 4.78 is 5.29. The lowest BCUT2D eigenvalue weighted by Gasteiger charge is -2.13. The molecular formula is C13H14ClN3O. The van der Waals surface area contributed by atoms with Gasteiger partial charge in [-0.15, -0.1) is 0 Å². The minimum absolute atomic E-state index is 0.486. The van der Waals surface area contributed by atoms with Crippen molar-refractivity contribution in [3.63, 3.8) is 0 Å². The molecule has 5 heteroatoms. The number of pyridine rings is 1. The van der Waals surface area contributed by atoms with Crippen molar-refractivity contribution in [3.05, 3.63) is 41.0 Å². The molecule has 0 unspecified atom stereocenters. The van der Waals surface area contributed by atoms with Gasteiger partial charge in [0.15, 0.2) is 0 Å². The van der Waals surface area contributed by atoms with Crippen molar-refractivity contribution in [1.82, 2.24) is 4.98 Å². The summed E-state index contributed by atoms with van der Waals surface area (Å²) in [5.41, 5.74) is 8.19. The molecule has 0 bridgehead atoms. The van der Waals surface area contributed by atoms with Gasteiger partial charge in [0.25, 0.3) is 0 Å². The molecule has 1 aromatic heterocycles. The second-order valence-electron chi connectivity index (χ2n) is 3.90. The van der Waals surface area contributed by atoms with Crippen LogP contribution in [-0.2, 0) is 0 Å². The quantitative estimate of drug-likeness (QED) is 0.891. The molecule has 4 nitrogen and oxygen atoms in total. The van der Waals surface area contributed by atoms with E-state index in [1.54, 1.807) is 25.4 Å². The fourth-order valence-electron chi connectivity index (χ4n) is 1.56. The molecule has 0 fully saturated rings. The Labute approximate surface area is 111 Å². The lowest BCUT2D eigenvalue weighted by atomic mass is 10.2. The minimum Gasteiger partial charge on any atom is -0.495 e. The molecular weight excluding hydrogens is 250 g/mol. The van der Waals surface area contributed by atoms with E-state index in [1.165, 1.54) is 0 Å². The number of hydrogen-bond donors (Lipinski definition) is 2. The maximum Gasteiger partial charge on any atom is 0.143 e. The first kappa shape index (κ1) is 12.5. The van der Waals surface area contributed by atoms with Gasteiger partial charge >= 0.3 is 0 Å². The van der Waals surface area contributed by atoms with E-state index in [-0.39, 0.29) is 0 Å². The van der Waals surface area contributed by atoms with Crippen molar-refractivity contribution in [2.24, 2.45) is 0 Å². The average molecular weight is 264 g/mol. The van der Waals surface area contributed by atoms with Crippen molar-refractivity contribution >= 4 is 28.8 Å². The molecule has 0 spiro atoms. The van der Waals surface area contributed by atoms with E-state index < -0.39 is 0 Å². The number of aryl methyl sites for hydroxylation is 1. The molecule has 1 heterocycles. The van der Waals surface area contributed by atoms with Crippen LogP contribution in [0.4, 0.5) is 17.2 Å². The van der Waals surface area contributed by atoms with Crippen molar-refractivity contribution in [2.75, 3.05) is 18.2 Å². The number of halogens is 1. The molecule has 18 heavy (non-hydrogen) atoms. The molecule has 0 aliphatic rings. The predicted octanol–water partition coefficient (Wildman–Crippen LogP) is 3.38. The number of hydrogen-bond acceptors (Lipinski definition) is 4. The molecule has 94 valence electrons. The Morgan fingerprint density at radius 3 is 2.72 bits per heavy atom. The summed E-state index contributed by atoms with van der Waals surface area (Å²) in [7, 11) is 1.60. The Morgan fingerprint density at radius 2 is 2.11 bits per heavy atom. The highest BCUT2D eigenvalue weighted by Gasteiger charge is 2.07. The maximum atomic E-state index is 6.05. The lowest BCUT2D eigenvalue weighted by molar-refractivity contribution is 0.417. The first-order valence-electron chi connectivity index (χ1n) is 5.43. The van der Waals surface area contributed by atoms with E-state index >= 15 is 0 Å². The highest BCUT2D eigenvalue weighted by Crippen LogP contribution is 2.32. The number of rotatable bonds is 3. The third-order valence-electron chi connectivity index (χ3n) is 2.55. The Kier molecular flexibility index (Phi) is 3.58. The van der Waals surface area contributed by atoms with Crippen molar-refractivity contribution < 1.29 is 4.74 Å². The van der Waals surface area contributed by atoms with E-state index in [9.17, 15) is 0 Å². The molecule has 0 aliphatic carbocycles. The summed E-state index contributed by atoms with van der Waals surface area (Å²) in [6.45, 7) is 1.94. The topological polar surface area (TPSA) is 60.2 Å². The van der Waals surface area contributed by atoms with Crippen LogP contribution in [0.2, 0.25) is 5.02 Å². The second-order valence-corrected chi connectivity index (χ2v) is 4.31. The van der Waals surface area contributed by atoms with Gasteiger partial charge in [-0.25, -0.2) is 4.98 Å². The summed E-state index contributed by atoms with van der Waals surface area (Å²) in [6.07, 6.45) is 1.67. The summed E-state index contributed by atoms with van der Waals surface area (Å²) in [5, 5.41) is 3.89. The van der Waals surface area contributed by atoms with E-state index in [0.29, 0.717) is 16.6 Å². The first-order valence-corrected chi connectivity index (χ1v) is 5.80. The van der Waals surface area contributed by atoms with Crippen molar-refractivity contribution in [1.29, 1.82) is 0 Å². The van der Waals surface area contributed by atoms with Gasteiger partial charge in [-0.1, -0.05) is 11.6 Å². The number of nitrogen functional groups attached to an aromatic ring is 1. The van der Waals surface area contributed by atoms with Crippen LogP contribution < -0.4 is 15.8 Å². The average Bonchev–Trinajstić information content (AvgIpc) is 2.36. The van der Waals surface area contributed by atoms with Crippen LogP contribution in [0.15, 0.2) is 30.5 Å². The summed E-state index contributed by atoms with van der Waals surface area (Å²) >= 11 is 6.05. The highest BCUT2D eigenvalue weighted by molar-refractivity contribution is 6.31. The van der Waals surface area contributed by atoms with E-state index in [4.69, 9.17) is 22.1 Å². The maximum absolute atomic E-state index is 6.05. The van der Waals surface area contributed by atoms with E-state index in [1.807, 2.05) is 19.1 Å². The van der Waals surface area contributed by atoms with Crippen LogP contribution in [0.25, 0.3) is 0 Å². The van der Waals surface area contributed by atoms with Crippen LogP contribution in [0.1, 0.15) is 5.56 Å². The summed E-state index contributed by atoms with van der Waals surface area (Å²) in [6, 6.07) is 7.30. The molecule has 2 aromatic rings. The largest absolute Gasteiger partial charge is 0.495 e. The lowest BCUT2D eigenvalue weighted by Crippen LogP contribution is -1.97. The zero-order valence-corrected chi connectivity index (χ0v) is 11.0. The van der Waals surface area contributed by atoms with Crippen LogP contribution in [-0.4, -0.2) is 12.1 Å². The van der Waals surface area contributed by atoms with E-state index in [0.717, 1.165) is 16.9 Å². The van der Waals surface area contributed by atoms with Crippen LogP contribution in [0.3, 0.4) is 0 Å². The second kappa shape index (κ2) is 5.14. The van der Waals surface area contributed by atoms with Crippen LogP contribution in [0, 0.1) is 6.92 Å². The Morgan fingerprint density at radius 1 is 1.33 bits per heavy atom. The van der Waals surface area contributed by atoms with Gasteiger partial charge in [0.1, 0.15) is 11.6 Å². The number of methoxy groups -OCH3 is 1. The van der Waals surface area contributed by atoms with Crippen molar-refractivity contribution in [2.45, 2.75) is 6.92 Å². The molecule has 2 rings (SSSR count). The number of anilines is 3. The Balaban J connectivity index is 2.33. The fraction of sp³-hybridized carbons (Fsp3) is 0.154. The third-order valence-corrected chi connectivity index (χ3v) is 2.95. The molecule has 1 aromatic carbocycles. The number of nitrogens with zero attached hydrogens (tertiary/aromatic N) is 1. The Bertz CT molecular complexity index is 555. The summed E-state index contributed by atoms with van der Waals surface area (Å²) in [5.74, 6) is 1.17. The molecule has 0 atom stereocenters. The summed E-state index contributed by atoms with van der Waals surface area (Å²) in [4.78, 5) is 4.02. The number of benzene rings is 1. The monoisotopic (exact) mass is 263 g/mol. The first-order chi connectivity index (χ1) is 8.60. The zero-order chi connectivity index (χ0) is 13.1. The molecule has 3 N–H and O–H groups in total. The molecule has 0 amide bonds. The van der Waals surface area contributed by atoms with Gasteiger partial charge in [-0.05, 0) is 30.7 Å². The van der Waals surface area contributed by atoms with Crippen LogP contribution in [0.5, 0.6) is 5.75 Å². The molecule has 0 aliphatic heterocycles. The highest BCUT2D eigenvalue weighted by atomic mass is 35.5. The number of nitrogens with one attached hydrogen (secondary N) is 1. The third kappa shape index (κ3) is 2.65. The van der Waals surface area contributed by atoms with Crippen LogP contribution >= 0.6 is 11.6 Å². The normalized spacial score (nSPS) is 10.2. The Hall–Kier alpha value is -1.94. The number of aromatic nitrogens is 1. The predicted molar refractivity (Wildman–Crippen MR) is 74.7 cm³/mol. The minimum atomic E-state index is 0.486. The fourth-order valence-corrected chi connectivity index (χ4v) is 1.72. The SMILES string of the molecule is COc1cc(Cl)c(C)cc1Nc1ccc(N)nc1. The van der Waals surface area contributed by atoms with Gasteiger partial charge in [-0.2, -0.15) is 0 Å². The molecule has 0 saturated heterocycles. The molecule has 0 radical (unpaired) electrons. The zero-order valence-electron chi connectivity index (χ0n) is 10.2. The van der Waals surface area contributed by atoms with E-state index in [2.05, 4.69) is 10.3 Å². The van der Waals surface area contributed by atoms with Gasteiger partial charge in [0.05, 0.1) is 24.7 Å². The standard InChI is InChI=1S/C13H14ClN3O/c1-8-5-11(12(18-2)6-10(8)14)17-9-3-4-13(15)16-7-9/h3-7,17H,1-2H3,(H2,15,16). The number of ether oxygens (including phenoxy) is 1. The number of nitrogens with two attached hydrogens (primary N) is 1. The smallest absolute Gasteiger partial charge is 0.143 e. The van der Waals surface area contributed by atoms with Gasteiger partial charge < -0.3 is 15.8 Å². The van der Waals surface area contributed by atoms with Gasteiger partial charge in [0.2, 0.25) is 0 Å². The van der Waals surface area contributed by atoms with Gasteiger partial charge in [-0.3, -0.25) is 0 Å². The molecule has 0 saturated carbocycles.